The van der Waals surface area contributed by atoms with E-state index in [0.29, 0.717) is 13.2 Å². The van der Waals surface area contributed by atoms with Crippen LogP contribution in [0.4, 0.5) is 5.69 Å². The topological polar surface area (TPSA) is 47.6 Å². The zero-order valence-electron chi connectivity index (χ0n) is 17.4. The molecule has 0 saturated carbocycles. The second kappa shape index (κ2) is 16.6. The third kappa shape index (κ3) is 10.2. The van der Waals surface area contributed by atoms with Crippen molar-refractivity contribution in [2.24, 2.45) is 10.7 Å². The molecular formula is C23H38N2O. The van der Waals surface area contributed by atoms with Crippen molar-refractivity contribution in [2.45, 2.75) is 66.7 Å². The maximum Gasteiger partial charge on any atom is 0.104 e. The van der Waals surface area contributed by atoms with Crippen LogP contribution in [0.15, 0.2) is 52.7 Å². The van der Waals surface area contributed by atoms with Gasteiger partial charge in [-0.25, -0.2) is 0 Å². The van der Waals surface area contributed by atoms with Crippen LogP contribution < -0.4 is 5.73 Å². The van der Waals surface area contributed by atoms with Gasteiger partial charge in [-0.1, -0.05) is 51.5 Å². The predicted molar refractivity (Wildman–Crippen MR) is 116 cm³/mol. The monoisotopic (exact) mass is 358 g/mol. The Balaban J connectivity index is 0.00000301. The molecule has 1 aromatic rings. The summed E-state index contributed by atoms with van der Waals surface area (Å²) in [6, 6.07) is 8.23. The highest BCUT2D eigenvalue weighted by molar-refractivity contribution is 5.66. The molecule has 0 saturated heterocycles. The Bertz CT molecular complexity index is 559. The Labute approximate surface area is 161 Å². The van der Waals surface area contributed by atoms with Crippen LogP contribution in [0, 0.1) is 0 Å². The standard InChI is InChI=1S/C21H32N2O.C2H6/c1-4-7-11-19(9-5-2)21(24-6-3)14-16-23-20-12-8-10-18(17-20)13-15-22;1-2/h5,8-10,12,16-17H,4,6-7,11,13-15,22H2,1-3H3;1-2H3/b9-5-,21-19-,23-16?;. The number of nitrogens with zero attached hydrogens (tertiary/aromatic N) is 1. The number of nitrogens with two attached hydrogens (primary N) is 1. The van der Waals surface area contributed by atoms with Crippen molar-refractivity contribution in [2.75, 3.05) is 13.2 Å². The molecule has 3 nitrogen and oxygen atoms in total. The highest BCUT2D eigenvalue weighted by Gasteiger charge is 2.04. The minimum Gasteiger partial charge on any atom is -0.498 e. The normalized spacial score (nSPS) is 12.1. The molecule has 146 valence electrons. The van der Waals surface area contributed by atoms with Crippen molar-refractivity contribution in [1.29, 1.82) is 0 Å². The average molecular weight is 359 g/mol. The lowest BCUT2D eigenvalue weighted by atomic mass is 10.1. The summed E-state index contributed by atoms with van der Waals surface area (Å²) >= 11 is 0. The Morgan fingerprint density at radius 2 is 2.00 bits per heavy atom. The van der Waals surface area contributed by atoms with Crippen molar-refractivity contribution in [1.82, 2.24) is 0 Å². The fourth-order valence-electron chi connectivity index (χ4n) is 2.53. The lowest BCUT2D eigenvalue weighted by Crippen LogP contribution is -2.02. The number of benzene rings is 1. The van der Waals surface area contributed by atoms with E-state index in [1.165, 1.54) is 24.0 Å². The highest BCUT2D eigenvalue weighted by Crippen LogP contribution is 2.19. The van der Waals surface area contributed by atoms with Gasteiger partial charge in [0.05, 0.1) is 12.3 Å². The van der Waals surface area contributed by atoms with E-state index in [0.717, 1.165) is 30.7 Å². The second-order valence-corrected chi connectivity index (χ2v) is 5.71. The largest absolute Gasteiger partial charge is 0.498 e. The molecule has 0 amide bonds. The lowest BCUT2D eigenvalue weighted by molar-refractivity contribution is 0.223. The van der Waals surface area contributed by atoms with Gasteiger partial charge in [0.1, 0.15) is 5.76 Å². The summed E-state index contributed by atoms with van der Waals surface area (Å²) in [5.41, 5.74) is 9.10. The molecular weight excluding hydrogens is 320 g/mol. The first-order valence-electron chi connectivity index (χ1n) is 10.0. The van der Waals surface area contributed by atoms with Gasteiger partial charge in [0.25, 0.3) is 0 Å². The molecule has 0 radical (unpaired) electrons. The minimum atomic E-state index is 0.661. The Morgan fingerprint density at radius 1 is 1.23 bits per heavy atom. The zero-order valence-corrected chi connectivity index (χ0v) is 17.4. The Morgan fingerprint density at radius 3 is 2.62 bits per heavy atom. The summed E-state index contributed by atoms with van der Waals surface area (Å²) in [7, 11) is 0. The molecule has 26 heavy (non-hydrogen) atoms. The van der Waals surface area contributed by atoms with Crippen LogP contribution >= 0.6 is 0 Å². The van der Waals surface area contributed by atoms with Gasteiger partial charge >= 0.3 is 0 Å². The van der Waals surface area contributed by atoms with Gasteiger partial charge in [0, 0.05) is 12.6 Å². The number of allylic oxidation sites excluding steroid dienone is 4. The summed E-state index contributed by atoms with van der Waals surface area (Å²) in [6.07, 6.45) is 11.2. The Hall–Kier alpha value is -1.87. The number of rotatable bonds is 11. The fourth-order valence-corrected chi connectivity index (χ4v) is 2.53. The van der Waals surface area contributed by atoms with Gasteiger partial charge in [-0.05, 0) is 62.9 Å². The van der Waals surface area contributed by atoms with E-state index in [4.69, 9.17) is 10.5 Å². The van der Waals surface area contributed by atoms with Crippen molar-refractivity contribution in [3.05, 3.63) is 53.3 Å². The van der Waals surface area contributed by atoms with Crippen LogP contribution in [0.1, 0.15) is 65.9 Å². The predicted octanol–water partition coefficient (Wildman–Crippen LogP) is 6.36. The van der Waals surface area contributed by atoms with Crippen molar-refractivity contribution >= 4 is 11.9 Å². The van der Waals surface area contributed by atoms with Gasteiger partial charge in [0.15, 0.2) is 0 Å². The maximum atomic E-state index is 5.87. The van der Waals surface area contributed by atoms with E-state index in [1.54, 1.807) is 0 Å². The summed E-state index contributed by atoms with van der Waals surface area (Å²) in [5, 5.41) is 0. The van der Waals surface area contributed by atoms with Crippen molar-refractivity contribution in [3.8, 4) is 0 Å². The van der Waals surface area contributed by atoms with Crippen LogP contribution in [0.25, 0.3) is 0 Å². The highest BCUT2D eigenvalue weighted by atomic mass is 16.5. The summed E-state index contributed by atoms with van der Waals surface area (Å²) < 4.78 is 5.87. The molecule has 0 aliphatic carbocycles. The molecule has 0 aliphatic heterocycles. The average Bonchev–Trinajstić information content (AvgIpc) is 2.67. The van der Waals surface area contributed by atoms with Gasteiger partial charge in [-0.2, -0.15) is 0 Å². The third-order valence-electron chi connectivity index (χ3n) is 3.70. The van der Waals surface area contributed by atoms with Gasteiger partial charge in [-0.3, -0.25) is 4.99 Å². The van der Waals surface area contributed by atoms with Crippen LogP contribution in [0.5, 0.6) is 0 Å². The molecule has 0 atom stereocenters. The van der Waals surface area contributed by atoms with E-state index in [-0.39, 0.29) is 0 Å². The van der Waals surface area contributed by atoms with Gasteiger partial charge in [-0.15, -0.1) is 0 Å². The fraction of sp³-hybridized carbons (Fsp3) is 0.522. The third-order valence-corrected chi connectivity index (χ3v) is 3.70. The number of hydrogen-bond acceptors (Lipinski definition) is 3. The van der Waals surface area contributed by atoms with E-state index in [9.17, 15) is 0 Å². The Kier molecular flexibility index (Phi) is 15.4. The first kappa shape index (κ1) is 24.1. The molecule has 0 aromatic heterocycles. The SMILES string of the molecule is C/C=C\C(CCCC)=C(/CC=Nc1cccc(CCN)c1)OCC.CC. The number of unbranched alkanes of at least 4 members (excludes halogenated alkanes) is 1. The number of aliphatic imine (C=N–C) groups is 1. The van der Waals surface area contributed by atoms with E-state index >= 15 is 0 Å². The van der Waals surface area contributed by atoms with E-state index in [2.05, 4.69) is 36.2 Å². The second-order valence-electron chi connectivity index (χ2n) is 5.71. The molecule has 1 rings (SSSR count). The van der Waals surface area contributed by atoms with Crippen LogP contribution in [0.3, 0.4) is 0 Å². The quantitative estimate of drug-likeness (QED) is 0.284. The van der Waals surface area contributed by atoms with Gasteiger partial charge in [0.2, 0.25) is 0 Å². The molecule has 2 N–H and O–H groups in total. The molecule has 0 fully saturated rings. The number of hydrogen-bond donors (Lipinski definition) is 1. The summed E-state index contributed by atoms with van der Waals surface area (Å²) in [6.45, 7) is 11.6. The molecule has 0 heterocycles. The van der Waals surface area contributed by atoms with Gasteiger partial charge < -0.3 is 10.5 Å². The summed E-state index contributed by atoms with van der Waals surface area (Å²) in [5.74, 6) is 1.03. The van der Waals surface area contributed by atoms with Crippen molar-refractivity contribution < 1.29 is 4.74 Å². The molecule has 1 aromatic carbocycles. The minimum absolute atomic E-state index is 0.661. The number of ether oxygens (including phenoxy) is 1. The molecule has 0 bridgehead atoms. The molecule has 0 aliphatic rings. The van der Waals surface area contributed by atoms with E-state index in [1.807, 2.05) is 46.0 Å². The molecule has 0 unspecified atom stereocenters. The molecule has 3 heteroatoms. The smallest absolute Gasteiger partial charge is 0.104 e. The first-order chi connectivity index (χ1) is 12.7. The molecule has 0 spiro atoms. The summed E-state index contributed by atoms with van der Waals surface area (Å²) in [4.78, 5) is 4.59. The first-order valence-corrected chi connectivity index (χ1v) is 10.0. The van der Waals surface area contributed by atoms with E-state index < -0.39 is 0 Å². The van der Waals surface area contributed by atoms with Crippen molar-refractivity contribution in [3.63, 3.8) is 0 Å². The lowest BCUT2D eigenvalue weighted by Gasteiger charge is -2.12. The van der Waals surface area contributed by atoms with Crippen LogP contribution in [0.2, 0.25) is 0 Å². The maximum absolute atomic E-state index is 5.87. The van der Waals surface area contributed by atoms with Crippen LogP contribution in [-0.4, -0.2) is 19.4 Å². The van der Waals surface area contributed by atoms with Crippen LogP contribution in [-0.2, 0) is 11.2 Å². The zero-order chi connectivity index (χ0) is 19.6.